The van der Waals surface area contributed by atoms with Crippen molar-refractivity contribution in [3.63, 3.8) is 0 Å². The number of H-pyrrole nitrogens is 1. The molecule has 3 aromatic rings. The van der Waals surface area contributed by atoms with Crippen molar-refractivity contribution in [3.8, 4) is 0 Å². The summed E-state index contributed by atoms with van der Waals surface area (Å²) < 4.78 is 8.20. The first-order valence-electron chi connectivity index (χ1n) is 9.11. The average Bonchev–Trinajstić information content (AvgIpc) is 3.29. The number of nitrogens with one attached hydrogen (secondary N) is 3. The van der Waals surface area contributed by atoms with E-state index < -0.39 is 0 Å². The molecule has 0 spiro atoms. The topological polar surface area (TPSA) is 101 Å². The molecule has 3 N–H and O–H groups in total. The van der Waals surface area contributed by atoms with Crippen LogP contribution in [0.4, 0.5) is 10.5 Å². The number of hydrogen-bond acceptors (Lipinski definition) is 5. The number of fused-ring (bicyclic) bond motifs is 1. The Morgan fingerprint density at radius 3 is 3.00 bits per heavy atom. The molecule has 9 heteroatoms. The van der Waals surface area contributed by atoms with Gasteiger partial charge in [0.2, 0.25) is 0 Å². The third kappa shape index (κ3) is 3.87. The first kappa shape index (κ1) is 17.7. The number of urea groups is 1. The minimum absolute atomic E-state index is 0.251. The Bertz CT molecular complexity index is 1030. The number of aromatic amines is 1. The molecular formula is C18H22N6O2S. The fourth-order valence-corrected chi connectivity index (χ4v) is 3.20. The second kappa shape index (κ2) is 7.15. The molecule has 27 heavy (non-hydrogen) atoms. The Morgan fingerprint density at radius 1 is 1.44 bits per heavy atom. The van der Waals surface area contributed by atoms with Crippen molar-refractivity contribution < 1.29 is 9.21 Å². The van der Waals surface area contributed by atoms with Crippen LogP contribution < -0.4 is 10.6 Å². The molecule has 0 unspecified atom stereocenters. The van der Waals surface area contributed by atoms with Gasteiger partial charge in [-0.1, -0.05) is 13.8 Å². The highest BCUT2D eigenvalue weighted by Gasteiger charge is 2.28. The molecule has 1 aliphatic carbocycles. The Labute approximate surface area is 161 Å². The van der Waals surface area contributed by atoms with Crippen molar-refractivity contribution >= 4 is 35.0 Å². The number of oxazole rings is 1. The number of aromatic nitrogens is 4. The average molecular weight is 386 g/mol. The smallest absolute Gasteiger partial charge is 0.319 e. The zero-order valence-corrected chi connectivity index (χ0v) is 16.1. The Morgan fingerprint density at radius 2 is 2.26 bits per heavy atom. The number of amides is 2. The summed E-state index contributed by atoms with van der Waals surface area (Å²) in [6, 6.07) is 5.20. The number of carbonyl (C=O) groups excluding carboxylic acids is 1. The van der Waals surface area contributed by atoms with E-state index in [0.717, 1.165) is 35.7 Å². The maximum atomic E-state index is 12.2. The van der Waals surface area contributed by atoms with E-state index in [2.05, 4.69) is 39.7 Å². The van der Waals surface area contributed by atoms with Gasteiger partial charge in [0.1, 0.15) is 11.3 Å². The van der Waals surface area contributed by atoms with Crippen molar-refractivity contribution in [2.24, 2.45) is 0 Å². The van der Waals surface area contributed by atoms with Gasteiger partial charge < -0.3 is 19.6 Å². The highest BCUT2D eigenvalue weighted by molar-refractivity contribution is 7.71. The van der Waals surface area contributed by atoms with Gasteiger partial charge in [-0.25, -0.2) is 9.78 Å². The predicted octanol–water partition coefficient (Wildman–Crippen LogP) is 3.90. The standard InChI is InChI=1S/C18H22N6O2S/c1-10(2)15-22-23-18(27)24(15)8-7-19-17(25)20-12-5-6-14-13(9-12)21-16(26-14)11-3-4-11/h5-6,9-11H,3-4,7-8H2,1-2H3,(H,23,27)(H2,19,20,25). The molecule has 4 rings (SSSR count). The molecule has 0 saturated heterocycles. The van der Waals surface area contributed by atoms with Gasteiger partial charge >= 0.3 is 6.03 Å². The van der Waals surface area contributed by atoms with E-state index in [9.17, 15) is 4.79 Å². The highest BCUT2D eigenvalue weighted by Crippen LogP contribution is 2.40. The molecule has 0 atom stereocenters. The number of hydrogen-bond donors (Lipinski definition) is 3. The van der Waals surface area contributed by atoms with Crippen LogP contribution >= 0.6 is 12.2 Å². The van der Waals surface area contributed by atoms with Gasteiger partial charge in [-0.3, -0.25) is 5.10 Å². The summed E-state index contributed by atoms with van der Waals surface area (Å²) in [5.41, 5.74) is 2.19. The zero-order chi connectivity index (χ0) is 19.0. The number of carbonyl (C=O) groups is 1. The minimum atomic E-state index is -0.277. The van der Waals surface area contributed by atoms with Crippen LogP contribution in [-0.2, 0) is 6.54 Å². The van der Waals surface area contributed by atoms with Gasteiger partial charge in [-0.2, -0.15) is 5.10 Å². The van der Waals surface area contributed by atoms with Crippen LogP contribution in [0.1, 0.15) is 50.2 Å². The highest BCUT2D eigenvalue weighted by atomic mass is 32.1. The summed E-state index contributed by atoms with van der Waals surface area (Å²) in [5.74, 6) is 2.39. The zero-order valence-electron chi connectivity index (χ0n) is 15.3. The molecule has 2 heterocycles. The van der Waals surface area contributed by atoms with Crippen LogP contribution in [-0.4, -0.2) is 32.3 Å². The summed E-state index contributed by atoms with van der Waals surface area (Å²) >= 11 is 5.25. The van der Waals surface area contributed by atoms with Gasteiger partial charge in [-0.05, 0) is 43.3 Å². The van der Waals surface area contributed by atoms with E-state index >= 15 is 0 Å². The van der Waals surface area contributed by atoms with Crippen LogP contribution in [0.3, 0.4) is 0 Å². The fraction of sp³-hybridized carbons (Fsp3) is 0.444. The van der Waals surface area contributed by atoms with Crippen LogP contribution in [0.2, 0.25) is 0 Å². The van der Waals surface area contributed by atoms with Gasteiger partial charge in [0.05, 0.1) is 0 Å². The lowest BCUT2D eigenvalue weighted by Crippen LogP contribution is -2.31. The lowest BCUT2D eigenvalue weighted by Gasteiger charge is -2.11. The van der Waals surface area contributed by atoms with Gasteiger partial charge in [-0.15, -0.1) is 0 Å². The summed E-state index contributed by atoms with van der Waals surface area (Å²) in [6.07, 6.45) is 2.28. The molecule has 0 aliphatic heterocycles. The molecule has 2 aromatic heterocycles. The summed E-state index contributed by atoms with van der Waals surface area (Å²) in [4.78, 5) is 16.7. The lowest BCUT2D eigenvalue weighted by molar-refractivity contribution is 0.251. The van der Waals surface area contributed by atoms with Gasteiger partial charge in [0.25, 0.3) is 0 Å². The molecule has 1 saturated carbocycles. The van der Waals surface area contributed by atoms with Gasteiger partial charge in [0, 0.05) is 30.6 Å². The van der Waals surface area contributed by atoms with Crippen molar-refractivity contribution in [3.05, 3.63) is 34.7 Å². The Kier molecular flexibility index (Phi) is 4.69. The SMILES string of the molecule is CC(C)c1n[nH]c(=S)n1CCNC(=O)Nc1ccc2oc(C3CC3)nc2c1. The van der Waals surface area contributed by atoms with E-state index in [1.165, 1.54) is 0 Å². The molecule has 2 amide bonds. The van der Waals surface area contributed by atoms with Crippen LogP contribution in [0.25, 0.3) is 11.1 Å². The van der Waals surface area contributed by atoms with Crippen molar-refractivity contribution in [2.45, 2.75) is 45.1 Å². The van der Waals surface area contributed by atoms with Crippen molar-refractivity contribution in [2.75, 3.05) is 11.9 Å². The molecule has 8 nitrogen and oxygen atoms in total. The van der Waals surface area contributed by atoms with E-state index in [-0.39, 0.29) is 11.9 Å². The van der Waals surface area contributed by atoms with Crippen molar-refractivity contribution in [1.82, 2.24) is 25.1 Å². The first-order chi connectivity index (χ1) is 13.0. The molecule has 142 valence electrons. The van der Waals surface area contributed by atoms with E-state index in [1.54, 1.807) is 0 Å². The normalized spacial score (nSPS) is 14.0. The van der Waals surface area contributed by atoms with Gasteiger partial charge in [0.15, 0.2) is 16.2 Å². The van der Waals surface area contributed by atoms with E-state index in [1.807, 2.05) is 22.8 Å². The number of nitrogens with zero attached hydrogens (tertiary/aromatic N) is 3. The fourth-order valence-electron chi connectivity index (χ4n) is 2.97. The Hall–Kier alpha value is -2.68. The second-order valence-corrected chi connectivity index (χ2v) is 7.47. The molecule has 1 aromatic carbocycles. The van der Waals surface area contributed by atoms with Crippen LogP contribution in [0, 0.1) is 4.77 Å². The molecule has 0 bridgehead atoms. The molecular weight excluding hydrogens is 364 g/mol. The lowest BCUT2D eigenvalue weighted by atomic mass is 10.2. The summed E-state index contributed by atoms with van der Waals surface area (Å²) in [5, 5.41) is 12.7. The second-order valence-electron chi connectivity index (χ2n) is 7.08. The largest absolute Gasteiger partial charge is 0.440 e. The maximum absolute atomic E-state index is 12.2. The number of benzene rings is 1. The third-order valence-corrected chi connectivity index (χ3v) is 4.83. The Balaban J connectivity index is 1.35. The summed E-state index contributed by atoms with van der Waals surface area (Å²) in [7, 11) is 0. The van der Waals surface area contributed by atoms with Crippen molar-refractivity contribution in [1.29, 1.82) is 0 Å². The maximum Gasteiger partial charge on any atom is 0.319 e. The predicted molar refractivity (Wildman–Crippen MR) is 105 cm³/mol. The third-order valence-electron chi connectivity index (χ3n) is 4.51. The first-order valence-corrected chi connectivity index (χ1v) is 9.52. The van der Waals surface area contributed by atoms with Crippen LogP contribution in [0.5, 0.6) is 0 Å². The monoisotopic (exact) mass is 386 g/mol. The number of anilines is 1. The quantitative estimate of drug-likeness (QED) is 0.558. The summed E-state index contributed by atoms with van der Waals surface area (Å²) in [6.45, 7) is 5.10. The number of rotatable bonds is 6. The van der Waals surface area contributed by atoms with E-state index in [0.29, 0.717) is 29.5 Å². The van der Waals surface area contributed by atoms with E-state index in [4.69, 9.17) is 16.6 Å². The minimum Gasteiger partial charge on any atom is -0.440 e. The van der Waals surface area contributed by atoms with Crippen LogP contribution in [0.15, 0.2) is 22.6 Å². The molecule has 1 fully saturated rings. The molecule has 0 radical (unpaired) electrons. The molecule has 1 aliphatic rings.